The third kappa shape index (κ3) is 3.64. The minimum Gasteiger partial charge on any atom is -0.469 e. The van der Waals surface area contributed by atoms with Gasteiger partial charge in [-0.1, -0.05) is 0 Å². The van der Waals surface area contributed by atoms with E-state index >= 15 is 0 Å². The fraction of sp³-hybridized carbons (Fsp3) is 0.600. The highest BCUT2D eigenvalue weighted by atomic mass is 16.3. The average Bonchev–Trinajstić information content (AvgIpc) is 3.17. The third-order valence-corrected chi connectivity index (χ3v) is 4.00. The van der Waals surface area contributed by atoms with E-state index in [9.17, 15) is 0 Å². The van der Waals surface area contributed by atoms with Gasteiger partial charge in [-0.3, -0.25) is 5.10 Å². The first-order valence-corrected chi connectivity index (χ1v) is 7.68. The summed E-state index contributed by atoms with van der Waals surface area (Å²) in [5.74, 6) is 3.44. The van der Waals surface area contributed by atoms with Crippen molar-refractivity contribution in [2.45, 2.75) is 25.7 Å². The molecule has 0 bridgehead atoms. The summed E-state index contributed by atoms with van der Waals surface area (Å²) in [4.78, 5) is 6.92. The van der Waals surface area contributed by atoms with E-state index in [1.807, 2.05) is 19.2 Å². The standard InChI is InChI=1S/C15H23N5O/c1-16-10-12-4-2-8-20(11-12)15-17-14(18-19-15)7-6-13-5-3-9-21-13/h3,5,9,12,16H,2,4,6-8,10-11H2,1H3,(H,17,18,19). The number of nitrogens with zero attached hydrogens (tertiary/aromatic N) is 3. The van der Waals surface area contributed by atoms with Gasteiger partial charge in [0.2, 0.25) is 5.95 Å². The molecule has 114 valence electrons. The Kier molecular flexibility index (Phi) is 4.55. The molecule has 3 heterocycles. The monoisotopic (exact) mass is 289 g/mol. The molecule has 21 heavy (non-hydrogen) atoms. The molecule has 0 amide bonds. The largest absolute Gasteiger partial charge is 0.469 e. The van der Waals surface area contributed by atoms with Gasteiger partial charge >= 0.3 is 0 Å². The van der Waals surface area contributed by atoms with Crippen LogP contribution in [0.1, 0.15) is 24.4 Å². The molecule has 3 rings (SSSR count). The molecule has 1 saturated heterocycles. The highest BCUT2D eigenvalue weighted by Crippen LogP contribution is 2.20. The molecule has 1 unspecified atom stereocenters. The van der Waals surface area contributed by atoms with Crippen molar-refractivity contribution in [2.24, 2.45) is 5.92 Å². The molecule has 0 aliphatic carbocycles. The van der Waals surface area contributed by atoms with Crippen molar-refractivity contribution >= 4 is 5.95 Å². The number of nitrogens with one attached hydrogen (secondary N) is 2. The van der Waals surface area contributed by atoms with E-state index in [4.69, 9.17) is 4.42 Å². The lowest BCUT2D eigenvalue weighted by Gasteiger charge is -2.31. The number of H-pyrrole nitrogens is 1. The number of aromatic amines is 1. The van der Waals surface area contributed by atoms with Crippen molar-refractivity contribution < 1.29 is 4.42 Å². The molecule has 0 radical (unpaired) electrons. The maximum absolute atomic E-state index is 5.34. The van der Waals surface area contributed by atoms with Crippen LogP contribution in [0.3, 0.4) is 0 Å². The summed E-state index contributed by atoms with van der Waals surface area (Å²) < 4.78 is 5.34. The second-order valence-corrected chi connectivity index (χ2v) is 5.67. The Hall–Kier alpha value is -1.82. The minimum absolute atomic E-state index is 0.689. The zero-order valence-corrected chi connectivity index (χ0v) is 12.5. The number of hydrogen-bond acceptors (Lipinski definition) is 5. The predicted molar refractivity (Wildman–Crippen MR) is 81.4 cm³/mol. The second kappa shape index (κ2) is 6.76. The van der Waals surface area contributed by atoms with E-state index < -0.39 is 0 Å². The normalized spacial score (nSPS) is 19.1. The van der Waals surface area contributed by atoms with Crippen LogP contribution in [-0.2, 0) is 12.8 Å². The Labute approximate surface area is 124 Å². The molecule has 6 heteroatoms. The van der Waals surface area contributed by atoms with Gasteiger partial charge in [0.15, 0.2) is 0 Å². The summed E-state index contributed by atoms with van der Waals surface area (Å²) in [6, 6.07) is 3.90. The van der Waals surface area contributed by atoms with E-state index in [-0.39, 0.29) is 0 Å². The third-order valence-electron chi connectivity index (χ3n) is 4.00. The lowest BCUT2D eigenvalue weighted by Crippen LogP contribution is -2.39. The van der Waals surface area contributed by atoms with Crippen molar-refractivity contribution in [1.29, 1.82) is 0 Å². The fourth-order valence-electron chi connectivity index (χ4n) is 2.94. The van der Waals surface area contributed by atoms with E-state index in [1.165, 1.54) is 12.8 Å². The first kappa shape index (κ1) is 14.1. The van der Waals surface area contributed by atoms with Crippen molar-refractivity contribution in [3.8, 4) is 0 Å². The number of anilines is 1. The second-order valence-electron chi connectivity index (χ2n) is 5.67. The first-order valence-electron chi connectivity index (χ1n) is 7.68. The number of rotatable bonds is 6. The highest BCUT2D eigenvalue weighted by Gasteiger charge is 2.22. The van der Waals surface area contributed by atoms with E-state index in [0.29, 0.717) is 5.92 Å². The quantitative estimate of drug-likeness (QED) is 0.845. The summed E-state index contributed by atoms with van der Waals surface area (Å²) in [7, 11) is 2.01. The zero-order valence-electron chi connectivity index (χ0n) is 12.5. The molecule has 1 aliphatic rings. The summed E-state index contributed by atoms with van der Waals surface area (Å²) >= 11 is 0. The Balaban J connectivity index is 1.56. The smallest absolute Gasteiger partial charge is 0.244 e. The van der Waals surface area contributed by atoms with Gasteiger partial charge in [0.1, 0.15) is 11.6 Å². The highest BCUT2D eigenvalue weighted by molar-refractivity contribution is 5.29. The molecule has 0 saturated carbocycles. The van der Waals surface area contributed by atoms with Crippen LogP contribution in [0.15, 0.2) is 22.8 Å². The Morgan fingerprint density at radius 1 is 1.48 bits per heavy atom. The van der Waals surface area contributed by atoms with E-state index in [1.54, 1.807) is 6.26 Å². The molecule has 0 aromatic carbocycles. The van der Waals surface area contributed by atoms with Crippen LogP contribution in [0.5, 0.6) is 0 Å². The predicted octanol–water partition coefficient (Wildman–Crippen LogP) is 1.62. The number of aromatic nitrogens is 3. The fourth-order valence-corrected chi connectivity index (χ4v) is 2.94. The van der Waals surface area contributed by atoms with Gasteiger partial charge in [-0.2, -0.15) is 4.98 Å². The van der Waals surface area contributed by atoms with E-state index in [2.05, 4.69) is 25.4 Å². The number of furan rings is 1. The summed E-state index contributed by atoms with van der Waals surface area (Å²) in [6.45, 7) is 3.15. The molecule has 0 spiro atoms. The van der Waals surface area contributed by atoms with Gasteiger partial charge in [0.05, 0.1) is 6.26 Å². The van der Waals surface area contributed by atoms with Gasteiger partial charge in [-0.15, -0.1) is 5.10 Å². The SMILES string of the molecule is CNCC1CCCN(c2n[nH]c(CCc3ccco3)n2)C1. The van der Waals surface area contributed by atoms with Gasteiger partial charge in [-0.25, -0.2) is 0 Å². The summed E-state index contributed by atoms with van der Waals surface area (Å²) in [6.07, 6.45) is 5.88. The van der Waals surface area contributed by atoms with Gasteiger partial charge in [-0.05, 0) is 44.5 Å². The molecule has 1 aliphatic heterocycles. The van der Waals surface area contributed by atoms with Crippen molar-refractivity contribution in [2.75, 3.05) is 31.6 Å². The van der Waals surface area contributed by atoms with Gasteiger partial charge < -0.3 is 14.6 Å². The van der Waals surface area contributed by atoms with Gasteiger partial charge in [0, 0.05) is 25.9 Å². The average molecular weight is 289 g/mol. The van der Waals surface area contributed by atoms with Crippen LogP contribution in [0, 0.1) is 5.92 Å². The van der Waals surface area contributed by atoms with Crippen molar-refractivity contribution in [1.82, 2.24) is 20.5 Å². The van der Waals surface area contributed by atoms with Crippen molar-refractivity contribution in [3.63, 3.8) is 0 Å². The lowest BCUT2D eigenvalue weighted by atomic mass is 9.98. The number of hydrogen-bond donors (Lipinski definition) is 2. The maximum Gasteiger partial charge on any atom is 0.244 e. The van der Waals surface area contributed by atoms with Crippen LogP contribution in [0.2, 0.25) is 0 Å². The number of piperidine rings is 1. The molecular weight excluding hydrogens is 266 g/mol. The first-order chi connectivity index (χ1) is 10.3. The molecule has 2 N–H and O–H groups in total. The molecule has 1 fully saturated rings. The molecule has 2 aromatic heterocycles. The molecular formula is C15H23N5O. The minimum atomic E-state index is 0.689. The Morgan fingerprint density at radius 2 is 2.43 bits per heavy atom. The molecule has 2 aromatic rings. The van der Waals surface area contributed by atoms with Gasteiger partial charge in [0.25, 0.3) is 0 Å². The summed E-state index contributed by atoms with van der Waals surface area (Å²) in [5.41, 5.74) is 0. The number of aryl methyl sites for hydroxylation is 2. The van der Waals surface area contributed by atoms with Crippen LogP contribution in [0.25, 0.3) is 0 Å². The lowest BCUT2D eigenvalue weighted by molar-refractivity contribution is 0.399. The molecule has 1 atom stereocenters. The van der Waals surface area contributed by atoms with Crippen LogP contribution >= 0.6 is 0 Å². The zero-order chi connectivity index (χ0) is 14.5. The van der Waals surface area contributed by atoms with E-state index in [0.717, 1.165) is 50.0 Å². The van der Waals surface area contributed by atoms with Crippen molar-refractivity contribution in [3.05, 3.63) is 30.0 Å². The van der Waals surface area contributed by atoms with Crippen LogP contribution in [-0.4, -0.2) is 41.9 Å². The summed E-state index contributed by atoms with van der Waals surface area (Å²) in [5, 5.41) is 10.7. The maximum atomic E-state index is 5.34. The topological polar surface area (TPSA) is 70.0 Å². The Bertz CT molecular complexity index is 534. The molecule has 6 nitrogen and oxygen atoms in total. The Morgan fingerprint density at radius 3 is 3.24 bits per heavy atom. The van der Waals surface area contributed by atoms with Crippen LogP contribution < -0.4 is 10.2 Å². The van der Waals surface area contributed by atoms with Crippen LogP contribution in [0.4, 0.5) is 5.95 Å².